The summed E-state index contributed by atoms with van der Waals surface area (Å²) in [6, 6.07) is 10.1. The van der Waals surface area contributed by atoms with Crippen LogP contribution in [0, 0.1) is 0 Å². The summed E-state index contributed by atoms with van der Waals surface area (Å²) in [4.78, 5) is 29.9. The molecule has 5 N–H and O–H groups in total. The number of hydrogen-bond donors (Lipinski definition) is 5. The van der Waals surface area contributed by atoms with Gasteiger partial charge in [-0.05, 0) is 42.2 Å². The van der Waals surface area contributed by atoms with Crippen molar-refractivity contribution in [1.82, 2.24) is 31.4 Å². The molecule has 208 valence electrons. The Balaban J connectivity index is 1.65. The third kappa shape index (κ3) is 5.85. The first-order valence-electron chi connectivity index (χ1n) is 12.6. The molecule has 0 spiro atoms. The van der Waals surface area contributed by atoms with Gasteiger partial charge in [-0.25, -0.2) is 18.7 Å². The number of nitrogens with zero attached hydrogens (tertiary/aromatic N) is 2. The topological polar surface area (TPSA) is 144 Å². The van der Waals surface area contributed by atoms with Gasteiger partial charge in [-0.15, -0.1) is 10.6 Å². The van der Waals surface area contributed by atoms with Crippen LogP contribution in [0.1, 0.15) is 59.1 Å². The molecule has 2 aromatic rings. The summed E-state index contributed by atoms with van der Waals surface area (Å²) in [6.07, 6.45) is 3.86. The second-order valence-electron chi connectivity index (χ2n) is 9.87. The van der Waals surface area contributed by atoms with Gasteiger partial charge in [0.1, 0.15) is 0 Å². The molecule has 0 saturated heterocycles. The monoisotopic (exact) mass is 593 g/mol. The normalized spacial score (nSPS) is 24.8. The molecule has 14 heteroatoms. The number of fused-ring (bicyclic) bond motifs is 1. The summed E-state index contributed by atoms with van der Waals surface area (Å²) >= 11 is 12.9. The minimum atomic E-state index is -3.56. The summed E-state index contributed by atoms with van der Waals surface area (Å²) in [5, 5.41) is 7.65. The van der Waals surface area contributed by atoms with E-state index >= 15 is 0 Å². The Morgan fingerprint density at radius 2 is 1.90 bits per heavy atom. The van der Waals surface area contributed by atoms with Crippen LogP contribution >= 0.6 is 23.2 Å². The predicted octanol–water partition coefficient (Wildman–Crippen LogP) is 2.18. The number of carbonyl (C=O) groups is 2. The smallest absolute Gasteiger partial charge is 0.255 e. The highest BCUT2D eigenvalue weighted by Crippen LogP contribution is 2.47. The van der Waals surface area contributed by atoms with Gasteiger partial charge in [-0.3, -0.25) is 15.0 Å². The third-order valence-electron chi connectivity index (χ3n) is 7.28. The van der Waals surface area contributed by atoms with Crippen molar-refractivity contribution in [2.24, 2.45) is 5.10 Å². The van der Waals surface area contributed by atoms with Crippen molar-refractivity contribution in [3.63, 3.8) is 0 Å². The summed E-state index contributed by atoms with van der Waals surface area (Å²) in [5.74, 6) is -0.989. The van der Waals surface area contributed by atoms with Crippen molar-refractivity contribution in [2.75, 3.05) is 12.8 Å². The number of benzene rings is 2. The summed E-state index contributed by atoms with van der Waals surface area (Å²) in [6.45, 7) is 0.105. The van der Waals surface area contributed by atoms with Crippen LogP contribution in [-0.4, -0.2) is 55.9 Å². The maximum atomic E-state index is 14.2. The largest absolute Gasteiger partial charge is 0.348 e. The minimum Gasteiger partial charge on any atom is -0.348 e. The average molecular weight is 595 g/mol. The van der Waals surface area contributed by atoms with E-state index in [9.17, 15) is 18.0 Å². The first-order valence-corrected chi connectivity index (χ1v) is 15.2. The number of hydrazine groups is 2. The van der Waals surface area contributed by atoms with Gasteiger partial charge >= 0.3 is 0 Å². The molecule has 2 aromatic carbocycles. The molecule has 4 atom stereocenters. The highest BCUT2D eigenvalue weighted by molar-refractivity contribution is 7.88. The molecule has 0 aromatic heterocycles. The fourth-order valence-electron chi connectivity index (χ4n) is 5.72. The van der Waals surface area contributed by atoms with E-state index in [0.717, 1.165) is 19.1 Å². The number of amidine groups is 1. The fraction of sp³-hybridized carbons (Fsp3) is 0.400. The van der Waals surface area contributed by atoms with Crippen molar-refractivity contribution < 1.29 is 18.0 Å². The van der Waals surface area contributed by atoms with E-state index in [4.69, 9.17) is 23.2 Å². The highest BCUT2D eigenvalue weighted by Gasteiger charge is 2.49. The Kier molecular flexibility index (Phi) is 8.01. The Labute approximate surface area is 236 Å². The number of rotatable bonds is 7. The second kappa shape index (κ2) is 11.3. The molecule has 2 heterocycles. The van der Waals surface area contributed by atoms with Crippen LogP contribution in [0.25, 0.3) is 0 Å². The zero-order valence-electron chi connectivity index (χ0n) is 21.1. The van der Waals surface area contributed by atoms with Gasteiger partial charge in [0.15, 0.2) is 5.84 Å². The lowest BCUT2D eigenvalue weighted by atomic mass is 9.76. The molecule has 2 amide bonds. The SMILES string of the molecule is CS(=O)(=O)N[C@H]1CCCCC1N1C(=O)c2ccccc2[C@@H](C(=O)NCC2=NNNN2)[C@@H]1c1ccc(Cl)cc1Cl. The molecule has 1 fully saturated rings. The quantitative estimate of drug-likeness (QED) is 0.331. The van der Waals surface area contributed by atoms with Crippen LogP contribution in [0.4, 0.5) is 0 Å². The Hall–Kier alpha value is -2.90. The molecular weight excluding hydrogens is 565 g/mol. The average Bonchev–Trinajstić information content (AvgIpc) is 3.41. The van der Waals surface area contributed by atoms with Gasteiger partial charge in [0.2, 0.25) is 15.9 Å². The molecule has 0 radical (unpaired) electrons. The van der Waals surface area contributed by atoms with Gasteiger partial charge in [-0.2, -0.15) is 0 Å². The van der Waals surface area contributed by atoms with Gasteiger partial charge in [-0.1, -0.05) is 60.3 Å². The van der Waals surface area contributed by atoms with E-state index < -0.39 is 34.1 Å². The standard InChI is InChI=1S/C25H29Cl2N7O4S/c1-39(37,38)31-19-8-4-5-9-20(19)34-23(17-11-10-14(26)12-18(17)27)22(15-6-2-3-7-16(15)25(34)36)24(35)28-13-21-29-32-33-30-21/h2-3,6-7,10-12,19-20,22-23,31-33H,4-5,8-9,13H2,1H3,(H,28,35)(H,29,30)/t19-,20?,22+,23-/m0/s1. The maximum absolute atomic E-state index is 14.2. The molecule has 2 aliphatic heterocycles. The first-order chi connectivity index (χ1) is 18.6. The number of carbonyl (C=O) groups excluding carboxylic acids is 2. The Morgan fingerprint density at radius 1 is 1.13 bits per heavy atom. The molecular formula is C25H29Cl2N7O4S. The van der Waals surface area contributed by atoms with Gasteiger partial charge in [0, 0.05) is 27.7 Å². The summed E-state index contributed by atoms with van der Waals surface area (Å²) in [5.41, 5.74) is 9.48. The van der Waals surface area contributed by atoms with Crippen molar-refractivity contribution in [2.45, 2.75) is 49.7 Å². The van der Waals surface area contributed by atoms with E-state index in [0.29, 0.717) is 45.4 Å². The number of hydrogen-bond acceptors (Lipinski definition) is 8. The van der Waals surface area contributed by atoms with E-state index in [1.165, 1.54) is 0 Å². The van der Waals surface area contributed by atoms with E-state index in [1.54, 1.807) is 47.4 Å². The summed E-state index contributed by atoms with van der Waals surface area (Å²) in [7, 11) is -3.56. The molecule has 3 aliphatic rings. The highest BCUT2D eigenvalue weighted by atomic mass is 35.5. The van der Waals surface area contributed by atoms with Crippen LogP contribution in [-0.2, 0) is 14.8 Å². The van der Waals surface area contributed by atoms with Crippen molar-refractivity contribution in [3.8, 4) is 0 Å². The molecule has 1 aliphatic carbocycles. The zero-order valence-corrected chi connectivity index (χ0v) is 23.4. The van der Waals surface area contributed by atoms with Crippen molar-refractivity contribution in [3.05, 3.63) is 69.2 Å². The second-order valence-corrected chi connectivity index (χ2v) is 12.5. The van der Waals surface area contributed by atoms with E-state index in [-0.39, 0.29) is 18.4 Å². The van der Waals surface area contributed by atoms with Crippen molar-refractivity contribution in [1.29, 1.82) is 0 Å². The van der Waals surface area contributed by atoms with E-state index in [1.807, 2.05) is 0 Å². The number of halogens is 2. The van der Waals surface area contributed by atoms with Crippen LogP contribution in [0.5, 0.6) is 0 Å². The molecule has 1 saturated carbocycles. The number of hydrazone groups is 1. The molecule has 1 unspecified atom stereocenters. The Bertz CT molecular complexity index is 1420. The minimum absolute atomic E-state index is 0.105. The Morgan fingerprint density at radius 3 is 2.62 bits per heavy atom. The zero-order chi connectivity index (χ0) is 27.7. The summed E-state index contributed by atoms with van der Waals surface area (Å²) < 4.78 is 27.3. The lowest BCUT2D eigenvalue weighted by molar-refractivity contribution is -0.124. The first kappa shape index (κ1) is 27.7. The lowest BCUT2D eigenvalue weighted by Crippen LogP contribution is -2.59. The number of nitrogens with one attached hydrogen (secondary N) is 5. The fourth-order valence-corrected chi connectivity index (χ4v) is 7.06. The van der Waals surface area contributed by atoms with Crippen LogP contribution < -0.4 is 26.5 Å². The maximum Gasteiger partial charge on any atom is 0.255 e. The lowest BCUT2D eigenvalue weighted by Gasteiger charge is -2.49. The van der Waals surface area contributed by atoms with Crippen LogP contribution in [0.2, 0.25) is 10.0 Å². The van der Waals surface area contributed by atoms with Gasteiger partial charge in [0.05, 0.1) is 24.8 Å². The molecule has 39 heavy (non-hydrogen) atoms. The van der Waals surface area contributed by atoms with E-state index in [2.05, 4.69) is 31.6 Å². The molecule has 5 rings (SSSR count). The van der Waals surface area contributed by atoms with Crippen molar-refractivity contribution >= 4 is 50.9 Å². The van der Waals surface area contributed by atoms with Crippen LogP contribution in [0.3, 0.4) is 0 Å². The molecule has 11 nitrogen and oxygen atoms in total. The number of amides is 2. The molecule has 0 bridgehead atoms. The third-order valence-corrected chi connectivity index (χ3v) is 8.57. The van der Waals surface area contributed by atoms with Gasteiger partial charge in [0.25, 0.3) is 5.91 Å². The number of sulfonamides is 1. The predicted molar refractivity (Wildman–Crippen MR) is 148 cm³/mol. The van der Waals surface area contributed by atoms with Crippen LogP contribution in [0.15, 0.2) is 47.6 Å². The van der Waals surface area contributed by atoms with Gasteiger partial charge < -0.3 is 10.2 Å².